The second-order valence-electron chi connectivity index (χ2n) is 5.58. The fourth-order valence-corrected chi connectivity index (χ4v) is 2.75. The van der Waals surface area contributed by atoms with E-state index in [1.807, 2.05) is 6.08 Å². The molecule has 0 spiro atoms. The van der Waals surface area contributed by atoms with Crippen LogP contribution >= 0.6 is 0 Å². The molecule has 1 aliphatic rings. The number of esters is 1. The molecule has 0 aromatic carbocycles. The van der Waals surface area contributed by atoms with Crippen LogP contribution in [-0.2, 0) is 14.3 Å². The fraction of sp³-hybridized carbons (Fsp3) is 0.667. The van der Waals surface area contributed by atoms with Gasteiger partial charge in [0.2, 0.25) is 0 Å². The lowest BCUT2D eigenvalue weighted by molar-refractivity contribution is -0.144. The second-order valence-corrected chi connectivity index (χ2v) is 5.58. The minimum Gasteiger partial charge on any atom is -0.465 e. The van der Waals surface area contributed by atoms with E-state index in [0.717, 1.165) is 32.1 Å². The Bertz CT molecular complexity index is 382. The van der Waals surface area contributed by atoms with E-state index in [1.165, 1.54) is 0 Å². The van der Waals surface area contributed by atoms with Crippen LogP contribution in [0.3, 0.4) is 0 Å². The maximum absolute atomic E-state index is 11.9. The molecule has 1 aliphatic carbocycles. The lowest BCUT2D eigenvalue weighted by Gasteiger charge is -2.16. The third kappa shape index (κ3) is 6.74. The van der Waals surface area contributed by atoms with Crippen LogP contribution in [0, 0.1) is 11.8 Å². The van der Waals surface area contributed by atoms with Crippen LogP contribution in [0.1, 0.15) is 58.8 Å². The standard InChI is InChI=1S/C18H28O3/c1-3-5-7-9-13-21-18(20)14-15-11-12-17(19)16(15)10-8-6-4-2/h5-8,15-16H,3-4,9-14H2,1-2H3/b7-5-,8-6-. The number of ether oxygens (including phenoxy) is 1. The smallest absolute Gasteiger partial charge is 0.306 e. The number of carbonyl (C=O) groups is 2. The molecule has 21 heavy (non-hydrogen) atoms. The molecule has 118 valence electrons. The van der Waals surface area contributed by atoms with E-state index in [0.29, 0.717) is 25.2 Å². The fourth-order valence-electron chi connectivity index (χ4n) is 2.75. The van der Waals surface area contributed by atoms with Gasteiger partial charge in [-0.05, 0) is 38.0 Å². The summed E-state index contributed by atoms with van der Waals surface area (Å²) >= 11 is 0. The van der Waals surface area contributed by atoms with E-state index in [1.54, 1.807) is 0 Å². The number of carbonyl (C=O) groups excluding carboxylic acids is 2. The van der Waals surface area contributed by atoms with Crippen molar-refractivity contribution in [1.29, 1.82) is 0 Å². The molecule has 0 saturated heterocycles. The van der Waals surface area contributed by atoms with Crippen molar-refractivity contribution in [3.8, 4) is 0 Å². The first-order valence-corrected chi connectivity index (χ1v) is 8.17. The Hall–Kier alpha value is -1.38. The van der Waals surface area contributed by atoms with Gasteiger partial charge >= 0.3 is 5.97 Å². The average molecular weight is 292 g/mol. The number of hydrogen-bond donors (Lipinski definition) is 0. The van der Waals surface area contributed by atoms with Crippen molar-refractivity contribution in [1.82, 2.24) is 0 Å². The van der Waals surface area contributed by atoms with Crippen LogP contribution < -0.4 is 0 Å². The highest BCUT2D eigenvalue weighted by atomic mass is 16.5. The van der Waals surface area contributed by atoms with Crippen LogP contribution in [0.25, 0.3) is 0 Å². The maximum atomic E-state index is 11.9. The first-order chi connectivity index (χ1) is 10.2. The van der Waals surface area contributed by atoms with Crippen LogP contribution in [0.4, 0.5) is 0 Å². The van der Waals surface area contributed by atoms with Crippen molar-refractivity contribution < 1.29 is 14.3 Å². The van der Waals surface area contributed by atoms with Gasteiger partial charge in [0, 0.05) is 18.8 Å². The lowest BCUT2D eigenvalue weighted by atomic mass is 9.89. The van der Waals surface area contributed by atoms with Gasteiger partial charge in [0.1, 0.15) is 5.78 Å². The highest BCUT2D eigenvalue weighted by Gasteiger charge is 2.35. The van der Waals surface area contributed by atoms with Gasteiger partial charge in [-0.2, -0.15) is 0 Å². The van der Waals surface area contributed by atoms with Gasteiger partial charge in [-0.15, -0.1) is 0 Å². The van der Waals surface area contributed by atoms with Gasteiger partial charge in [0.05, 0.1) is 6.61 Å². The van der Waals surface area contributed by atoms with E-state index >= 15 is 0 Å². The maximum Gasteiger partial charge on any atom is 0.306 e. The SMILES string of the molecule is CC/C=C\CCOC(=O)CC1CCC(=O)C1C/C=C\CC. The summed E-state index contributed by atoms with van der Waals surface area (Å²) in [5.74, 6) is 0.321. The van der Waals surface area contributed by atoms with Crippen LogP contribution in [0.5, 0.6) is 0 Å². The number of Topliss-reactive ketones (excluding diaryl/α,β-unsaturated/α-hetero) is 1. The molecule has 0 aromatic rings. The quantitative estimate of drug-likeness (QED) is 0.363. The highest BCUT2D eigenvalue weighted by Crippen LogP contribution is 2.34. The summed E-state index contributed by atoms with van der Waals surface area (Å²) in [5, 5.41) is 0. The topological polar surface area (TPSA) is 43.4 Å². The third-order valence-corrected chi connectivity index (χ3v) is 3.92. The molecule has 2 atom stereocenters. The van der Waals surface area contributed by atoms with Crippen molar-refractivity contribution in [2.75, 3.05) is 6.61 Å². The molecule has 0 aromatic heterocycles. The van der Waals surface area contributed by atoms with Crippen molar-refractivity contribution >= 4 is 11.8 Å². The van der Waals surface area contributed by atoms with Gasteiger partial charge in [-0.25, -0.2) is 0 Å². The second kappa shape index (κ2) is 10.4. The molecule has 0 heterocycles. The predicted molar refractivity (Wildman–Crippen MR) is 84.9 cm³/mol. The van der Waals surface area contributed by atoms with Gasteiger partial charge in [0.25, 0.3) is 0 Å². The molecule has 1 rings (SSSR count). The number of ketones is 1. The molecule has 1 saturated carbocycles. The molecule has 3 nitrogen and oxygen atoms in total. The zero-order valence-electron chi connectivity index (χ0n) is 13.3. The normalized spacial score (nSPS) is 22.5. The minimum absolute atomic E-state index is 0.0142. The van der Waals surface area contributed by atoms with E-state index in [4.69, 9.17) is 4.74 Å². The average Bonchev–Trinajstić information content (AvgIpc) is 2.80. The van der Waals surface area contributed by atoms with E-state index in [2.05, 4.69) is 32.1 Å². The number of rotatable bonds is 9. The summed E-state index contributed by atoms with van der Waals surface area (Å²) in [4.78, 5) is 23.7. The first kappa shape index (κ1) is 17.7. The Kier molecular flexibility index (Phi) is 8.72. The van der Waals surface area contributed by atoms with Crippen molar-refractivity contribution in [2.24, 2.45) is 11.8 Å². The summed E-state index contributed by atoms with van der Waals surface area (Å²) < 4.78 is 5.24. The number of allylic oxidation sites excluding steroid dienone is 3. The molecular formula is C18H28O3. The van der Waals surface area contributed by atoms with E-state index in [-0.39, 0.29) is 17.8 Å². The first-order valence-electron chi connectivity index (χ1n) is 8.17. The molecular weight excluding hydrogens is 264 g/mol. The van der Waals surface area contributed by atoms with Crippen LogP contribution in [0.2, 0.25) is 0 Å². The molecule has 0 N–H and O–H groups in total. The van der Waals surface area contributed by atoms with E-state index < -0.39 is 0 Å². The summed E-state index contributed by atoms with van der Waals surface area (Å²) in [6, 6.07) is 0. The number of hydrogen-bond acceptors (Lipinski definition) is 3. The Balaban J connectivity index is 2.34. The zero-order valence-corrected chi connectivity index (χ0v) is 13.3. The molecule has 1 fully saturated rings. The van der Waals surface area contributed by atoms with Crippen molar-refractivity contribution in [3.05, 3.63) is 24.3 Å². The molecule has 2 unspecified atom stereocenters. The largest absolute Gasteiger partial charge is 0.465 e. The zero-order chi connectivity index (χ0) is 15.5. The lowest BCUT2D eigenvalue weighted by Crippen LogP contribution is -2.19. The Morgan fingerprint density at radius 1 is 1.19 bits per heavy atom. The summed E-state index contributed by atoms with van der Waals surface area (Å²) in [6.07, 6.45) is 13.6. The van der Waals surface area contributed by atoms with Crippen LogP contribution in [-0.4, -0.2) is 18.4 Å². The van der Waals surface area contributed by atoms with Gasteiger partial charge in [0.15, 0.2) is 0 Å². The van der Waals surface area contributed by atoms with Crippen molar-refractivity contribution in [3.63, 3.8) is 0 Å². The molecule has 0 amide bonds. The third-order valence-electron chi connectivity index (χ3n) is 3.92. The monoisotopic (exact) mass is 292 g/mol. The van der Waals surface area contributed by atoms with E-state index in [9.17, 15) is 9.59 Å². The van der Waals surface area contributed by atoms with Gasteiger partial charge in [-0.3, -0.25) is 9.59 Å². The Morgan fingerprint density at radius 2 is 1.90 bits per heavy atom. The molecule has 3 heteroatoms. The van der Waals surface area contributed by atoms with Crippen molar-refractivity contribution in [2.45, 2.75) is 58.8 Å². The molecule has 0 radical (unpaired) electrons. The minimum atomic E-state index is -0.163. The molecule has 0 aliphatic heterocycles. The van der Waals surface area contributed by atoms with Crippen LogP contribution in [0.15, 0.2) is 24.3 Å². The molecule has 0 bridgehead atoms. The summed E-state index contributed by atoms with van der Waals surface area (Å²) in [5.41, 5.74) is 0. The van der Waals surface area contributed by atoms with Gasteiger partial charge in [-0.1, -0.05) is 38.2 Å². The summed E-state index contributed by atoms with van der Waals surface area (Å²) in [6.45, 7) is 4.60. The highest BCUT2D eigenvalue weighted by molar-refractivity contribution is 5.84. The van der Waals surface area contributed by atoms with Gasteiger partial charge < -0.3 is 4.74 Å². The summed E-state index contributed by atoms with van der Waals surface area (Å²) in [7, 11) is 0. The Morgan fingerprint density at radius 3 is 2.62 bits per heavy atom. The Labute approximate surface area is 128 Å². The predicted octanol–water partition coefficient (Wildman–Crippen LogP) is 4.23.